The molecule has 0 radical (unpaired) electrons. The molecule has 1 fully saturated rings. The summed E-state index contributed by atoms with van der Waals surface area (Å²) in [4.78, 5) is 5.15. The van der Waals surface area contributed by atoms with Crippen molar-refractivity contribution in [1.82, 2.24) is 4.90 Å². The van der Waals surface area contributed by atoms with Crippen molar-refractivity contribution in [2.45, 2.75) is 32.6 Å². The molecule has 0 bridgehead atoms. The van der Waals surface area contributed by atoms with E-state index in [0.29, 0.717) is 0 Å². The number of aryl methyl sites for hydroxylation is 1. The second kappa shape index (κ2) is 5.31. The number of hydrogen-bond acceptors (Lipinski definition) is 2. The average Bonchev–Trinajstić information content (AvgIpc) is 2.47. The Morgan fingerprint density at radius 3 is 2.56 bits per heavy atom. The van der Waals surface area contributed by atoms with Gasteiger partial charge in [0.05, 0.1) is 0 Å². The number of anilines is 1. The van der Waals surface area contributed by atoms with E-state index in [1.54, 1.807) is 11.1 Å². The molecule has 0 spiro atoms. The Morgan fingerprint density at radius 1 is 1.00 bits per heavy atom. The van der Waals surface area contributed by atoms with Crippen LogP contribution in [0.2, 0.25) is 0 Å². The van der Waals surface area contributed by atoms with E-state index in [1.807, 2.05) is 0 Å². The molecule has 18 heavy (non-hydrogen) atoms. The van der Waals surface area contributed by atoms with Crippen molar-refractivity contribution in [3.8, 4) is 0 Å². The molecule has 0 saturated carbocycles. The third-order valence-electron chi connectivity index (χ3n) is 4.53. The summed E-state index contributed by atoms with van der Waals surface area (Å²) < 4.78 is 0. The van der Waals surface area contributed by atoms with Crippen molar-refractivity contribution in [3.63, 3.8) is 0 Å². The predicted molar refractivity (Wildman–Crippen MR) is 77.4 cm³/mol. The highest BCUT2D eigenvalue weighted by Crippen LogP contribution is 2.30. The molecule has 2 nitrogen and oxygen atoms in total. The summed E-state index contributed by atoms with van der Waals surface area (Å²) in [7, 11) is 0. The molecule has 1 aliphatic heterocycles. The molecular formula is C16H24N2. The van der Waals surface area contributed by atoms with Crippen LogP contribution in [0.1, 0.15) is 30.9 Å². The second-order valence-corrected chi connectivity index (χ2v) is 5.54. The van der Waals surface area contributed by atoms with Crippen molar-refractivity contribution in [1.29, 1.82) is 0 Å². The Bertz CT molecular complexity index is 406. The van der Waals surface area contributed by atoms with Crippen molar-refractivity contribution < 1.29 is 0 Å². The molecule has 0 unspecified atom stereocenters. The minimum atomic E-state index is 1.20. The van der Waals surface area contributed by atoms with Gasteiger partial charge in [-0.05, 0) is 49.4 Å². The van der Waals surface area contributed by atoms with Crippen LogP contribution in [0.25, 0.3) is 0 Å². The standard InChI is InChI=1S/C16H24N2/c1-2-17-10-12-18(13-11-17)16-9-5-7-14-6-3-4-8-15(14)16/h5,7,9H,2-4,6,8,10-13H2,1H3. The fraction of sp³-hybridized carbons (Fsp3) is 0.625. The lowest BCUT2D eigenvalue weighted by molar-refractivity contribution is 0.271. The van der Waals surface area contributed by atoms with Gasteiger partial charge in [-0.2, -0.15) is 0 Å². The Kier molecular flexibility index (Phi) is 3.55. The van der Waals surface area contributed by atoms with Gasteiger partial charge in [0.15, 0.2) is 0 Å². The van der Waals surface area contributed by atoms with E-state index in [2.05, 4.69) is 34.9 Å². The summed E-state index contributed by atoms with van der Waals surface area (Å²) in [5.41, 5.74) is 4.79. The molecule has 3 rings (SSSR count). The molecular weight excluding hydrogens is 220 g/mol. The van der Waals surface area contributed by atoms with Gasteiger partial charge in [0.25, 0.3) is 0 Å². The van der Waals surface area contributed by atoms with Gasteiger partial charge in [0.2, 0.25) is 0 Å². The number of rotatable bonds is 2. The predicted octanol–water partition coefficient (Wildman–Crippen LogP) is 2.71. The molecule has 1 aliphatic carbocycles. The number of fused-ring (bicyclic) bond motifs is 1. The topological polar surface area (TPSA) is 6.48 Å². The number of benzene rings is 1. The van der Waals surface area contributed by atoms with Crippen LogP contribution in [-0.4, -0.2) is 37.6 Å². The first-order chi connectivity index (χ1) is 8.88. The third-order valence-corrected chi connectivity index (χ3v) is 4.53. The van der Waals surface area contributed by atoms with Crippen molar-refractivity contribution in [2.24, 2.45) is 0 Å². The highest BCUT2D eigenvalue weighted by atomic mass is 15.3. The van der Waals surface area contributed by atoms with E-state index >= 15 is 0 Å². The second-order valence-electron chi connectivity index (χ2n) is 5.54. The van der Waals surface area contributed by atoms with Gasteiger partial charge < -0.3 is 9.80 Å². The normalized spacial score (nSPS) is 20.8. The van der Waals surface area contributed by atoms with Gasteiger partial charge in [-0.1, -0.05) is 19.1 Å². The van der Waals surface area contributed by atoms with Crippen LogP contribution in [0.5, 0.6) is 0 Å². The first-order valence-electron chi connectivity index (χ1n) is 7.46. The maximum Gasteiger partial charge on any atom is 0.0402 e. The van der Waals surface area contributed by atoms with Crippen LogP contribution in [0.3, 0.4) is 0 Å². The molecule has 98 valence electrons. The van der Waals surface area contributed by atoms with E-state index in [-0.39, 0.29) is 0 Å². The molecule has 1 aromatic carbocycles. The van der Waals surface area contributed by atoms with E-state index in [0.717, 1.165) is 0 Å². The number of piperazine rings is 1. The lowest BCUT2D eigenvalue weighted by Gasteiger charge is -2.37. The Morgan fingerprint density at radius 2 is 1.78 bits per heavy atom. The lowest BCUT2D eigenvalue weighted by atomic mass is 9.90. The first-order valence-corrected chi connectivity index (χ1v) is 7.46. The van der Waals surface area contributed by atoms with Gasteiger partial charge in [-0.3, -0.25) is 0 Å². The van der Waals surface area contributed by atoms with Gasteiger partial charge >= 0.3 is 0 Å². The maximum absolute atomic E-state index is 2.61. The lowest BCUT2D eigenvalue weighted by Crippen LogP contribution is -2.46. The van der Waals surface area contributed by atoms with E-state index in [1.165, 1.54) is 64.1 Å². The summed E-state index contributed by atoms with van der Waals surface area (Å²) in [6.07, 6.45) is 5.33. The van der Waals surface area contributed by atoms with Crippen LogP contribution in [0.4, 0.5) is 5.69 Å². The van der Waals surface area contributed by atoms with Crippen LogP contribution in [0, 0.1) is 0 Å². The van der Waals surface area contributed by atoms with Gasteiger partial charge in [-0.15, -0.1) is 0 Å². The summed E-state index contributed by atoms with van der Waals surface area (Å²) in [6.45, 7) is 8.30. The summed E-state index contributed by atoms with van der Waals surface area (Å²) in [5, 5.41) is 0. The molecule has 0 N–H and O–H groups in total. The maximum atomic E-state index is 2.61. The van der Waals surface area contributed by atoms with Gasteiger partial charge in [0, 0.05) is 31.9 Å². The average molecular weight is 244 g/mol. The first kappa shape index (κ1) is 12.0. The minimum absolute atomic E-state index is 1.20. The molecule has 1 aromatic rings. The van der Waals surface area contributed by atoms with Crippen molar-refractivity contribution >= 4 is 5.69 Å². The van der Waals surface area contributed by atoms with E-state index in [4.69, 9.17) is 0 Å². The smallest absolute Gasteiger partial charge is 0.0402 e. The molecule has 0 aromatic heterocycles. The number of hydrogen-bond donors (Lipinski definition) is 0. The highest BCUT2D eigenvalue weighted by molar-refractivity contribution is 5.58. The van der Waals surface area contributed by atoms with E-state index in [9.17, 15) is 0 Å². The van der Waals surface area contributed by atoms with Gasteiger partial charge in [-0.25, -0.2) is 0 Å². The molecule has 1 saturated heterocycles. The summed E-state index contributed by atoms with van der Waals surface area (Å²) in [5.74, 6) is 0. The zero-order valence-electron chi connectivity index (χ0n) is 11.5. The molecule has 0 atom stereocenters. The number of likely N-dealkylation sites (N-methyl/N-ethyl adjacent to an activating group) is 1. The highest BCUT2D eigenvalue weighted by Gasteiger charge is 2.20. The Labute approximate surface area is 111 Å². The fourth-order valence-corrected chi connectivity index (χ4v) is 3.36. The summed E-state index contributed by atoms with van der Waals surface area (Å²) in [6, 6.07) is 6.93. The number of nitrogens with zero attached hydrogens (tertiary/aromatic N) is 2. The monoisotopic (exact) mass is 244 g/mol. The molecule has 0 amide bonds. The van der Waals surface area contributed by atoms with E-state index < -0.39 is 0 Å². The van der Waals surface area contributed by atoms with Crippen molar-refractivity contribution in [2.75, 3.05) is 37.6 Å². The van der Waals surface area contributed by atoms with Crippen LogP contribution < -0.4 is 4.90 Å². The summed E-state index contributed by atoms with van der Waals surface area (Å²) >= 11 is 0. The third kappa shape index (κ3) is 2.26. The molecule has 2 heteroatoms. The van der Waals surface area contributed by atoms with Crippen LogP contribution in [0.15, 0.2) is 18.2 Å². The molecule has 2 aliphatic rings. The van der Waals surface area contributed by atoms with Crippen LogP contribution in [-0.2, 0) is 12.8 Å². The van der Waals surface area contributed by atoms with Gasteiger partial charge in [0.1, 0.15) is 0 Å². The minimum Gasteiger partial charge on any atom is -0.369 e. The quantitative estimate of drug-likeness (QED) is 0.789. The van der Waals surface area contributed by atoms with Crippen molar-refractivity contribution in [3.05, 3.63) is 29.3 Å². The zero-order chi connectivity index (χ0) is 12.4. The zero-order valence-corrected chi connectivity index (χ0v) is 11.5. The Hall–Kier alpha value is -1.02. The Balaban J connectivity index is 1.80. The SMILES string of the molecule is CCN1CCN(c2cccc3c2CCCC3)CC1. The van der Waals surface area contributed by atoms with Crippen LogP contribution >= 0.6 is 0 Å². The fourth-order valence-electron chi connectivity index (χ4n) is 3.36. The molecule has 1 heterocycles. The largest absolute Gasteiger partial charge is 0.369 e.